The largest absolute Gasteiger partial charge is 0.573 e. The minimum Gasteiger partial charge on any atom is -0.405 e. The van der Waals surface area contributed by atoms with Crippen LogP contribution in [-0.2, 0) is 6.54 Å². The van der Waals surface area contributed by atoms with Crippen molar-refractivity contribution in [2.75, 3.05) is 6.54 Å². The minimum atomic E-state index is -4.67. The monoisotopic (exact) mass is 353 g/mol. The lowest BCUT2D eigenvalue weighted by Gasteiger charge is -2.23. The van der Waals surface area contributed by atoms with Gasteiger partial charge in [0.15, 0.2) is 0 Å². The van der Waals surface area contributed by atoms with Gasteiger partial charge in [-0.05, 0) is 45.5 Å². The average molecular weight is 354 g/mol. The number of hydrogen-bond donors (Lipinski definition) is 1. The Morgan fingerprint density at radius 2 is 1.90 bits per heavy atom. The molecule has 114 valence electrons. The third-order valence-corrected chi connectivity index (χ3v) is 3.73. The van der Waals surface area contributed by atoms with Crippen molar-refractivity contribution in [1.82, 2.24) is 5.32 Å². The summed E-state index contributed by atoms with van der Waals surface area (Å²) >= 11 is 3.09. The Morgan fingerprint density at radius 3 is 2.40 bits per heavy atom. The van der Waals surface area contributed by atoms with Gasteiger partial charge in [0.05, 0.1) is 4.47 Å². The number of benzene rings is 1. The molecule has 0 aromatic heterocycles. The predicted octanol–water partition coefficient (Wildman–Crippen LogP) is 4.87. The average Bonchev–Trinajstić information content (AvgIpc) is 2.31. The maximum Gasteiger partial charge on any atom is 0.573 e. The van der Waals surface area contributed by atoms with E-state index >= 15 is 0 Å². The molecule has 0 radical (unpaired) electrons. The van der Waals surface area contributed by atoms with Crippen LogP contribution >= 0.6 is 15.9 Å². The van der Waals surface area contributed by atoms with Crippen LogP contribution in [0.25, 0.3) is 0 Å². The van der Waals surface area contributed by atoms with Gasteiger partial charge in [-0.2, -0.15) is 0 Å². The van der Waals surface area contributed by atoms with Gasteiger partial charge in [0.2, 0.25) is 0 Å². The first-order valence-corrected chi connectivity index (χ1v) is 7.17. The van der Waals surface area contributed by atoms with Crippen molar-refractivity contribution >= 4 is 15.9 Å². The second-order valence-electron chi connectivity index (χ2n) is 5.43. The maximum atomic E-state index is 12.1. The molecule has 0 saturated carbocycles. The van der Waals surface area contributed by atoms with E-state index in [2.05, 4.69) is 46.8 Å². The zero-order valence-electron chi connectivity index (χ0n) is 11.8. The SMILES string of the molecule is CCC(C)(C)CNCc1ccc(OC(F)(F)F)c(Br)c1. The molecule has 0 spiro atoms. The number of ether oxygens (including phenoxy) is 1. The van der Waals surface area contributed by atoms with Crippen LogP contribution in [0.5, 0.6) is 5.75 Å². The molecule has 1 aromatic carbocycles. The van der Waals surface area contributed by atoms with E-state index in [9.17, 15) is 13.2 Å². The fourth-order valence-corrected chi connectivity index (χ4v) is 2.04. The van der Waals surface area contributed by atoms with E-state index in [4.69, 9.17) is 0 Å². The van der Waals surface area contributed by atoms with Gasteiger partial charge in [0, 0.05) is 13.1 Å². The number of rotatable bonds is 6. The second-order valence-corrected chi connectivity index (χ2v) is 6.29. The van der Waals surface area contributed by atoms with Gasteiger partial charge in [-0.1, -0.05) is 26.8 Å². The summed E-state index contributed by atoms with van der Waals surface area (Å²) in [4.78, 5) is 0. The van der Waals surface area contributed by atoms with Crippen molar-refractivity contribution in [2.45, 2.75) is 40.1 Å². The van der Waals surface area contributed by atoms with Crippen molar-refractivity contribution in [3.63, 3.8) is 0 Å². The minimum absolute atomic E-state index is 0.205. The maximum absolute atomic E-state index is 12.1. The molecule has 1 rings (SSSR count). The smallest absolute Gasteiger partial charge is 0.405 e. The van der Waals surface area contributed by atoms with E-state index in [1.807, 2.05) is 0 Å². The van der Waals surface area contributed by atoms with Crippen molar-refractivity contribution in [2.24, 2.45) is 5.41 Å². The molecule has 0 heterocycles. The van der Waals surface area contributed by atoms with E-state index in [-0.39, 0.29) is 11.2 Å². The molecule has 20 heavy (non-hydrogen) atoms. The van der Waals surface area contributed by atoms with E-state index in [0.29, 0.717) is 11.0 Å². The lowest BCUT2D eigenvalue weighted by Crippen LogP contribution is -2.28. The lowest BCUT2D eigenvalue weighted by molar-refractivity contribution is -0.274. The van der Waals surface area contributed by atoms with Crippen LogP contribution in [0.15, 0.2) is 22.7 Å². The van der Waals surface area contributed by atoms with Crippen molar-refractivity contribution in [3.8, 4) is 5.75 Å². The number of nitrogens with one attached hydrogen (secondary N) is 1. The summed E-state index contributed by atoms with van der Waals surface area (Å²) in [5, 5.41) is 3.30. The van der Waals surface area contributed by atoms with E-state index < -0.39 is 6.36 Å². The molecule has 0 unspecified atom stereocenters. The van der Waals surface area contributed by atoms with Crippen LogP contribution in [0.1, 0.15) is 32.8 Å². The Kier molecular flexibility index (Phi) is 5.89. The van der Waals surface area contributed by atoms with Crippen LogP contribution in [0, 0.1) is 5.41 Å². The molecule has 0 fully saturated rings. The molecule has 0 aliphatic carbocycles. The van der Waals surface area contributed by atoms with E-state index in [0.717, 1.165) is 18.5 Å². The van der Waals surface area contributed by atoms with Gasteiger partial charge in [0.1, 0.15) is 5.75 Å². The van der Waals surface area contributed by atoms with Crippen LogP contribution in [0.3, 0.4) is 0 Å². The molecular weight excluding hydrogens is 335 g/mol. The summed E-state index contributed by atoms with van der Waals surface area (Å²) in [5.41, 5.74) is 1.11. The second kappa shape index (κ2) is 6.80. The van der Waals surface area contributed by atoms with Gasteiger partial charge < -0.3 is 10.1 Å². The number of halogens is 4. The third-order valence-electron chi connectivity index (χ3n) is 3.11. The molecule has 2 nitrogen and oxygen atoms in total. The molecule has 0 aliphatic heterocycles. The first-order chi connectivity index (χ1) is 9.13. The number of alkyl halides is 3. The highest BCUT2D eigenvalue weighted by Gasteiger charge is 2.31. The molecule has 1 aromatic rings. The predicted molar refractivity (Wildman–Crippen MR) is 76.6 cm³/mol. The number of hydrogen-bond acceptors (Lipinski definition) is 2. The third kappa shape index (κ3) is 6.13. The highest BCUT2D eigenvalue weighted by Crippen LogP contribution is 2.31. The van der Waals surface area contributed by atoms with E-state index in [1.165, 1.54) is 6.07 Å². The fraction of sp³-hybridized carbons (Fsp3) is 0.571. The van der Waals surface area contributed by atoms with Crippen molar-refractivity contribution < 1.29 is 17.9 Å². The highest BCUT2D eigenvalue weighted by molar-refractivity contribution is 9.10. The summed E-state index contributed by atoms with van der Waals surface area (Å²) in [6, 6.07) is 4.57. The molecule has 0 aliphatic rings. The molecule has 0 bridgehead atoms. The topological polar surface area (TPSA) is 21.3 Å². The molecule has 1 N–H and O–H groups in total. The Bertz CT molecular complexity index is 447. The highest BCUT2D eigenvalue weighted by atomic mass is 79.9. The van der Waals surface area contributed by atoms with Gasteiger partial charge in [-0.25, -0.2) is 0 Å². The van der Waals surface area contributed by atoms with Crippen LogP contribution in [0.4, 0.5) is 13.2 Å². The zero-order chi connectivity index (χ0) is 15.4. The molecule has 0 amide bonds. The van der Waals surface area contributed by atoms with Gasteiger partial charge in [0.25, 0.3) is 0 Å². The fourth-order valence-electron chi connectivity index (χ4n) is 1.53. The van der Waals surface area contributed by atoms with Gasteiger partial charge in [-0.15, -0.1) is 13.2 Å². The summed E-state index contributed by atoms with van der Waals surface area (Å²) < 4.78 is 40.6. The van der Waals surface area contributed by atoms with Gasteiger partial charge >= 0.3 is 6.36 Å². The van der Waals surface area contributed by atoms with E-state index in [1.54, 1.807) is 12.1 Å². The first kappa shape index (κ1) is 17.3. The Morgan fingerprint density at radius 1 is 1.25 bits per heavy atom. The van der Waals surface area contributed by atoms with Crippen LogP contribution in [0.2, 0.25) is 0 Å². The standard InChI is InChI=1S/C14H19BrF3NO/c1-4-13(2,3)9-19-8-10-5-6-12(11(15)7-10)20-14(16,17)18/h5-7,19H,4,8-9H2,1-3H3. The quantitative estimate of drug-likeness (QED) is 0.787. The van der Waals surface area contributed by atoms with Gasteiger partial charge in [-0.3, -0.25) is 0 Å². The van der Waals surface area contributed by atoms with Crippen LogP contribution in [-0.4, -0.2) is 12.9 Å². The summed E-state index contributed by atoms with van der Waals surface area (Å²) in [6.07, 6.45) is -3.62. The summed E-state index contributed by atoms with van der Waals surface area (Å²) in [7, 11) is 0. The summed E-state index contributed by atoms with van der Waals surface area (Å²) in [5.74, 6) is -0.227. The normalized spacial score (nSPS) is 12.6. The van der Waals surface area contributed by atoms with Crippen molar-refractivity contribution in [3.05, 3.63) is 28.2 Å². The van der Waals surface area contributed by atoms with Crippen LogP contribution < -0.4 is 10.1 Å². The molecule has 6 heteroatoms. The first-order valence-electron chi connectivity index (χ1n) is 6.38. The van der Waals surface area contributed by atoms with Crippen molar-refractivity contribution in [1.29, 1.82) is 0 Å². The molecule has 0 atom stereocenters. The molecular formula is C14H19BrF3NO. The lowest BCUT2D eigenvalue weighted by atomic mass is 9.90. The Hall–Kier alpha value is -0.750. The Balaban J connectivity index is 2.60. The summed E-state index contributed by atoms with van der Waals surface area (Å²) in [6.45, 7) is 7.91. The zero-order valence-corrected chi connectivity index (χ0v) is 13.4. The Labute approximate surface area is 125 Å². The molecule has 0 saturated heterocycles.